The second-order valence-corrected chi connectivity index (χ2v) is 5.24. The number of nitrogens with one attached hydrogen (secondary N) is 1. The van der Waals surface area contributed by atoms with E-state index in [9.17, 15) is 4.79 Å². The van der Waals surface area contributed by atoms with Crippen molar-refractivity contribution >= 4 is 23.2 Å². The van der Waals surface area contributed by atoms with Gasteiger partial charge in [-0.05, 0) is 31.2 Å². The summed E-state index contributed by atoms with van der Waals surface area (Å²) < 4.78 is 16.2. The van der Waals surface area contributed by atoms with Gasteiger partial charge >= 0.3 is 0 Å². The second-order valence-electron chi connectivity index (χ2n) is 5.24. The first-order valence-corrected chi connectivity index (χ1v) is 7.69. The molecule has 2 aromatic carbocycles. The average Bonchev–Trinajstić information content (AvgIpc) is 2.90. The molecule has 0 bridgehead atoms. The van der Waals surface area contributed by atoms with Gasteiger partial charge in [0.2, 0.25) is 0 Å². The molecule has 1 heterocycles. The van der Waals surface area contributed by atoms with Crippen LogP contribution in [0, 0.1) is 0 Å². The van der Waals surface area contributed by atoms with Gasteiger partial charge in [-0.2, -0.15) is 0 Å². The molecular formula is C19H19NO4. The van der Waals surface area contributed by atoms with Gasteiger partial charge in [-0.3, -0.25) is 4.79 Å². The van der Waals surface area contributed by atoms with Gasteiger partial charge in [0.1, 0.15) is 5.75 Å². The molecule has 1 aliphatic heterocycles. The number of para-hydroxylation sites is 1. The third kappa shape index (κ3) is 2.80. The minimum Gasteiger partial charge on any atom is -0.494 e. The largest absolute Gasteiger partial charge is 0.494 e. The quantitative estimate of drug-likeness (QED) is 0.854. The minimum absolute atomic E-state index is 0.150. The molecule has 24 heavy (non-hydrogen) atoms. The fourth-order valence-corrected chi connectivity index (χ4v) is 2.75. The van der Waals surface area contributed by atoms with E-state index in [4.69, 9.17) is 14.2 Å². The van der Waals surface area contributed by atoms with Gasteiger partial charge in [0, 0.05) is 22.8 Å². The lowest BCUT2D eigenvalue weighted by molar-refractivity contribution is -0.110. The van der Waals surface area contributed by atoms with Crippen molar-refractivity contribution in [2.75, 3.05) is 26.1 Å². The van der Waals surface area contributed by atoms with E-state index in [0.717, 1.165) is 22.6 Å². The molecular weight excluding hydrogens is 306 g/mol. The van der Waals surface area contributed by atoms with Crippen molar-refractivity contribution < 1.29 is 19.0 Å². The third-order valence-electron chi connectivity index (χ3n) is 3.82. The number of hydrogen-bond acceptors (Lipinski definition) is 4. The molecule has 5 heteroatoms. The molecule has 0 saturated carbocycles. The van der Waals surface area contributed by atoms with Crippen molar-refractivity contribution in [3.63, 3.8) is 0 Å². The normalized spacial score (nSPS) is 14.3. The van der Waals surface area contributed by atoms with Crippen molar-refractivity contribution in [3.8, 4) is 17.2 Å². The van der Waals surface area contributed by atoms with Crippen LogP contribution in [-0.4, -0.2) is 26.7 Å². The Morgan fingerprint density at radius 3 is 2.67 bits per heavy atom. The van der Waals surface area contributed by atoms with E-state index in [1.54, 1.807) is 14.2 Å². The molecule has 2 aromatic rings. The van der Waals surface area contributed by atoms with Crippen LogP contribution in [-0.2, 0) is 4.79 Å². The summed E-state index contributed by atoms with van der Waals surface area (Å²) in [6.07, 6.45) is 1.81. The van der Waals surface area contributed by atoms with E-state index in [-0.39, 0.29) is 5.91 Å². The molecule has 0 atom stereocenters. The summed E-state index contributed by atoms with van der Waals surface area (Å²) in [7, 11) is 3.17. The Balaban J connectivity index is 2.05. The first kappa shape index (κ1) is 15.9. The van der Waals surface area contributed by atoms with Gasteiger partial charge in [-0.1, -0.05) is 12.1 Å². The summed E-state index contributed by atoms with van der Waals surface area (Å²) in [6, 6.07) is 11.1. The highest BCUT2D eigenvalue weighted by Gasteiger charge is 2.25. The second kappa shape index (κ2) is 6.66. The highest BCUT2D eigenvalue weighted by molar-refractivity contribution is 6.35. The Bertz CT molecular complexity index is 811. The average molecular weight is 325 g/mol. The number of amides is 1. The lowest BCUT2D eigenvalue weighted by atomic mass is 10.0. The zero-order valence-electron chi connectivity index (χ0n) is 13.9. The molecule has 1 amide bonds. The van der Waals surface area contributed by atoms with Crippen LogP contribution in [0.25, 0.3) is 11.6 Å². The lowest BCUT2D eigenvalue weighted by Crippen LogP contribution is -2.04. The summed E-state index contributed by atoms with van der Waals surface area (Å²) in [5.41, 5.74) is 2.95. The van der Waals surface area contributed by atoms with Crippen LogP contribution >= 0.6 is 0 Å². The topological polar surface area (TPSA) is 56.8 Å². The maximum atomic E-state index is 12.4. The van der Waals surface area contributed by atoms with Crippen molar-refractivity contribution in [1.82, 2.24) is 0 Å². The van der Waals surface area contributed by atoms with Crippen LogP contribution in [0.3, 0.4) is 0 Å². The van der Waals surface area contributed by atoms with Crippen molar-refractivity contribution in [3.05, 3.63) is 47.5 Å². The summed E-state index contributed by atoms with van der Waals surface area (Å²) in [4.78, 5) is 12.4. The molecule has 5 nitrogen and oxygen atoms in total. The molecule has 0 unspecified atom stereocenters. The zero-order chi connectivity index (χ0) is 17.1. The molecule has 0 saturated heterocycles. The Labute approximate surface area is 140 Å². The van der Waals surface area contributed by atoms with Gasteiger partial charge in [0.05, 0.1) is 26.5 Å². The zero-order valence-corrected chi connectivity index (χ0v) is 13.9. The smallest absolute Gasteiger partial charge is 0.256 e. The van der Waals surface area contributed by atoms with E-state index >= 15 is 0 Å². The van der Waals surface area contributed by atoms with E-state index < -0.39 is 0 Å². The van der Waals surface area contributed by atoms with E-state index in [1.807, 2.05) is 49.4 Å². The van der Waals surface area contributed by atoms with Crippen LogP contribution in [0.2, 0.25) is 0 Å². The molecule has 0 aliphatic carbocycles. The lowest BCUT2D eigenvalue weighted by Gasteiger charge is -2.10. The van der Waals surface area contributed by atoms with Crippen molar-refractivity contribution in [1.29, 1.82) is 0 Å². The van der Waals surface area contributed by atoms with E-state index in [2.05, 4.69) is 5.32 Å². The number of rotatable bonds is 5. The standard InChI is InChI=1S/C19H19NO4/c1-4-24-13-8-9-14-15(19(21)20-16(14)11-13)10-12-6-5-7-17(22-2)18(12)23-3/h5-11H,4H2,1-3H3,(H,20,21). The maximum Gasteiger partial charge on any atom is 0.256 e. The van der Waals surface area contributed by atoms with Gasteiger partial charge in [0.25, 0.3) is 5.91 Å². The maximum absolute atomic E-state index is 12.4. The summed E-state index contributed by atoms with van der Waals surface area (Å²) in [6.45, 7) is 2.50. The number of anilines is 1. The van der Waals surface area contributed by atoms with Crippen molar-refractivity contribution in [2.45, 2.75) is 6.92 Å². The highest BCUT2D eigenvalue weighted by Crippen LogP contribution is 2.38. The summed E-state index contributed by atoms with van der Waals surface area (Å²) in [5.74, 6) is 1.80. The first-order chi connectivity index (χ1) is 11.7. The van der Waals surface area contributed by atoms with Crippen molar-refractivity contribution in [2.24, 2.45) is 0 Å². The number of ether oxygens (including phenoxy) is 3. The molecule has 1 N–H and O–H groups in total. The summed E-state index contributed by atoms with van der Waals surface area (Å²) in [5, 5.41) is 2.87. The Kier molecular flexibility index (Phi) is 4.42. The molecule has 0 spiro atoms. The van der Waals surface area contributed by atoms with Gasteiger partial charge in [0.15, 0.2) is 11.5 Å². The highest BCUT2D eigenvalue weighted by atomic mass is 16.5. The number of fused-ring (bicyclic) bond motifs is 1. The fraction of sp³-hybridized carbons (Fsp3) is 0.211. The van der Waals surface area contributed by atoms with Crippen LogP contribution in [0.15, 0.2) is 36.4 Å². The van der Waals surface area contributed by atoms with Crippen LogP contribution in [0.4, 0.5) is 5.69 Å². The van der Waals surface area contributed by atoms with E-state index in [1.165, 1.54) is 0 Å². The number of benzene rings is 2. The number of methoxy groups -OCH3 is 2. The predicted octanol–water partition coefficient (Wildman–Crippen LogP) is 3.60. The number of hydrogen-bond donors (Lipinski definition) is 1. The molecule has 0 fully saturated rings. The number of carbonyl (C=O) groups is 1. The Hall–Kier alpha value is -2.95. The van der Waals surface area contributed by atoms with Gasteiger partial charge in [-0.25, -0.2) is 0 Å². The van der Waals surface area contributed by atoms with Crippen LogP contribution in [0.5, 0.6) is 17.2 Å². The van der Waals surface area contributed by atoms with Crippen LogP contribution in [0.1, 0.15) is 18.1 Å². The molecule has 0 radical (unpaired) electrons. The molecule has 124 valence electrons. The fourth-order valence-electron chi connectivity index (χ4n) is 2.75. The SMILES string of the molecule is CCOc1ccc2c(c1)NC(=O)C2=Cc1cccc(OC)c1OC. The Morgan fingerprint density at radius 1 is 1.12 bits per heavy atom. The van der Waals surface area contributed by atoms with Crippen LogP contribution < -0.4 is 19.5 Å². The monoisotopic (exact) mass is 325 g/mol. The first-order valence-electron chi connectivity index (χ1n) is 7.69. The number of carbonyl (C=O) groups excluding carboxylic acids is 1. The van der Waals surface area contributed by atoms with E-state index in [0.29, 0.717) is 23.7 Å². The molecule has 0 aromatic heterocycles. The van der Waals surface area contributed by atoms with Gasteiger partial charge in [-0.15, -0.1) is 0 Å². The third-order valence-corrected chi connectivity index (χ3v) is 3.82. The Morgan fingerprint density at radius 2 is 1.96 bits per heavy atom. The summed E-state index contributed by atoms with van der Waals surface area (Å²) >= 11 is 0. The van der Waals surface area contributed by atoms with Gasteiger partial charge < -0.3 is 19.5 Å². The molecule has 3 rings (SSSR count). The molecule has 1 aliphatic rings. The predicted molar refractivity (Wildman–Crippen MR) is 93.7 cm³/mol. The minimum atomic E-state index is -0.150.